The van der Waals surface area contributed by atoms with Gasteiger partial charge in [-0.15, -0.1) is 0 Å². The molecule has 0 bridgehead atoms. The lowest BCUT2D eigenvalue weighted by molar-refractivity contribution is -0.384. The highest BCUT2D eigenvalue weighted by molar-refractivity contribution is 5.91. The summed E-state index contributed by atoms with van der Waals surface area (Å²) in [6, 6.07) is 21.7. The summed E-state index contributed by atoms with van der Waals surface area (Å²) in [6.07, 6.45) is 4.95. The number of hydrazone groups is 1. The summed E-state index contributed by atoms with van der Waals surface area (Å²) >= 11 is 0. The van der Waals surface area contributed by atoms with Crippen molar-refractivity contribution in [1.82, 2.24) is 15.0 Å². The second kappa shape index (κ2) is 12.4. The summed E-state index contributed by atoms with van der Waals surface area (Å²) in [5, 5.41) is 18.4. The highest BCUT2D eigenvalue weighted by Crippen LogP contribution is 2.21. The Balaban J connectivity index is 1.25. The van der Waals surface area contributed by atoms with Crippen LogP contribution in [-0.2, 0) is 0 Å². The number of non-ortho nitro benzene ring substituents is 1. The number of nitro groups is 1. The highest BCUT2D eigenvalue weighted by Gasteiger charge is 2.17. The Bertz CT molecular complexity index is 1510. The van der Waals surface area contributed by atoms with E-state index in [2.05, 4.69) is 35.7 Å². The molecule has 0 amide bonds. The summed E-state index contributed by atoms with van der Waals surface area (Å²) in [4.78, 5) is 38.5. The number of anilines is 4. The zero-order chi connectivity index (χ0) is 27.7. The topological polar surface area (TPSA) is 148 Å². The molecular weight excluding hydrogens is 512 g/mol. The van der Waals surface area contributed by atoms with Crippen LogP contribution in [-0.4, -0.2) is 45.1 Å². The zero-order valence-corrected chi connectivity index (χ0v) is 21.4. The van der Waals surface area contributed by atoms with Crippen molar-refractivity contribution < 1.29 is 14.5 Å². The molecule has 1 fully saturated rings. The van der Waals surface area contributed by atoms with Gasteiger partial charge in [0.2, 0.25) is 17.8 Å². The quantitative estimate of drug-likeness (QED) is 0.0960. The number of hydrogen-bond donors (Lipinski definition) is 2. The molecular formula is C28H26N8O4. The van der Waals surface area contributed by atoms with Gasteiger partial charge in [-0.2, -0.15) is 20.1 Å². The van der Waals surface area contributed by atoms with Crippen molar-refractivity contribution in [2.24, 2.45) is 5.10 Å². The molecule has 12 heteroatoms. The maximum absolute atomic E-state index is 12.4. The molecule has 1 aliphatic rings. The van der Waals surface area contributed by atoms with Gasteiger partial charge in [0.15, 0.2) is 0 Å². The van der Waals surface area contributed by atoms with Gasteiger partial charge in [0, 0.05) is 30.9 Å². The van der Waals surface area contributed by atoms with Crippen LogP contribution >= 0.6 is 0 Å². The number of carbonyl (C=O) groups is 1. The fraction of sp³-hybridized carbons (Fsp3) is 0.179. The Kier molecular flexibility index (Phi) is 8.15. The van der Waals surface area contributed by atoms with Gasteiger partial charge in [0.1, 0.15) is 5.75 Å². The molecule has 0 saturated carbocycles. The van der Waals surface area contributed by atoms with Gasteiger partial charge in [0.05, 0.1) is 16.7 Å². The normalized spacial score (nSPS) is 13.2. The number of nitro benzene ring substituents is 1. The number of aromatic nitrogens is 3. The fourth-order valence-corrected chi connectivity index (χ4v) is 4.06. The molecule has 12 nitrogen and oxygen atoms in total. The standard InChI is InChI=1S/C28H26N8O4/c37-25(21-8-7-11-23(18-21)36(38)39)40-24-14-12-20(13-15-24)19-29-34-27-31-26(30-22-9-3-1-4-10-22)32-28(33-27)35-16-5-2-6-17-35/h1,3-4,7-15,18-19H,2,5-6,16-17H2,(H2,30,31,32,33,34). The maximum atomic E-state index is 12.4. The van der Waals surface area contributed by atoms with E-state index in [1.54, 1.807) is 30.5 Å². The second-order valence-electron chi connectivity index (χ2n) is 8.96. The minimum absolute atomic E-state index is 0.0893. The SMILES string of the molecule is O=C(Oc1ccc(C=NNc2nc(Nc3ccccc3)nc(N3CCCCC3)n2)cc1)c1cccc([N+](=O)[O-])c1. The number of para-hydroxylation sites is 1. The van der Waals surface area contributed by atoms with Crippen LogP contribution in [0.5, 0.6) is 5.75 Å². The molecule has 3 aromatic carbocycles. The summed E-state index contributed by atoms with van der Waals surface area (Å²) in [6.45, 7) is 1.77. The average Bonchev–Trinajstić information content (AvgIpc) is 2.99. The molecule has 2 N–H and O–H groups in total. The van der Waals surface area contributed by atoms with Gasteiger partial charge in [-0.3, -0.25) is 10.1 Å². The molecule has 0 atom stereocenters. The smallest absolute Gasteiger partial charge is 0.343 e. The summed E-state index contributed by atoms with van der Waals surface area (Å²) in [5.74, 6) is 0.899. The van der Waals surface area contributed by atoms with Crippen molar-refractivity contribution >= 4 is 41.4 Å². The number of piperidine rings is 1. The van der Waals surface area contributed by atoms with Crippen molar-refractivity contribution in [3.63, 3.8) is 0 Å². The van der Waals surface area contributed by atoms with Gasteiger partial charge in [-0.1, -0.05) is 24.3 Å². The Morgan fingerprint density at radius 3 is 2.42 bits per heavy atom. The van der Waals surface area contributed by atoms with E-state index in [0.29, 0.717) is 23.6 Å². The van der Waals surface area contributed by atoms with E-state index in [9.17, 15) is 14.9 Å². The first-order valence-corrected chi connectivity index (χ1v) is 12.7. The number of nitrogens with one attached hydrogen (secondary N) is 2. The molecule has 0 spiro atoms. The van der Waals surface area contributed by atoms with Gasteiger partial charge >= 0.3 is 5.97 Å². The van der Waals surface area contributed by atoms with Crippen LogP contribution in [0.4, 0.5) is 29.2 Å². The van der Waals surface area contributed by atoms with Crippen molar-refractivity contribution in [2.75, 3.05) is 28.7 Å². The number of benzene rings is 3. The molecule has 1 saturated heterocycles. The largest absolute Gasteiger partial charge is 0.423 e. The predicted octanol–water partition coefficient (Wildman–Crippen LogP) is 5.18. The summed E-state index contributed by atoms with van der Waals surface area (Å²) in [5.41, 5.74) is 4.38. The van der Waals surface area contributed by atoms with Crippen LogP contribution in [0.3, 0.4) is 0 Å². The zero-order valence-electron chi connectivity index (χ0n) is 21.4. The van der Waals surface area contributed by atoms with E-state index in [1.165, 1.54) is 30.7 Å². The number of hydrogen-bond acceptors (Lipinski definition) is 11. The lowest BCUT2D eigenvalue weighted by Crippen LogP contribution is -2.31. The lowest BCUT2D eigenvalue weighted by Gasteiger charge is -2.26. The third-order valence-corrected chi connectivity index (χ3v) is 6.05. The first kappa shape index (κ1) is 26.2. The monoisotopic (exact) mass is 538 g/mol. The Morgan fingerprint density at radius 1 is 0.925 bits per heavy atom. The van der Waals surface area contributed by atoms with E-state index in [-0.39, 0.29) is 11.3 Å². The summed E-state index contributed by atoms with van der Waals surface area (Å²) in [7, 11) is 0. The number of rotatable bonds is 9. The number of esters is 1. The third kappa shape index (κ3) is 6.92. The van der Waals surface area contributed by atoms with Crippen LogP contribution in [0.25, 0.3) is 0 Å². The van der Waals surface area contributed by atoms with E-state index in [1.807, 2.05) is 30.3 Å². The van der Waals surface area contributed by atoms with Crippen molar-refractivity contribution in [3.8, 4) is 5.75 Å². The van der Waals surface area contributed by atoms with E-state index in [4.69, 9.17) is 4.74 Å². The van der Waals surface area contributed by atoms with E-state index >= 15 is 0 Å². The van der Waals surface area contributed by atoms with Crippen molar-refractivity contribution in [3.05, 3.63) is 100 Å². The molecule has 40 heavy (non-hydrogen) atoms. The van der Waals surface area contributed by atoms with E-state index < -0.39 is 10.9 Å². The number of ether oxygens (including phenoxy) is 1. The van der Waals surface area contributed by atoms with Crippen LogP contribution in [0.1, 0.15) is 35.2 Å². The predicted molar refractivity (Wildman–Crippen MR) is 151 cm³/mol. The minimum Gasteiger partial charge on any atom is -0.423 e. The molecule has 1 aromatic heterocycles. The van der Waals surface area contributed by atoms with Gasteiger partial charge in [-0.05, 0) is 67.3 Å². The van der Waals surface area contributed by atoms with Crippen LogP contribution in [0, 0.1) is 10.1 Å². The first-order chi connectivity index (χ1) is 19.5. The maximum Gasteiger partial charge on any atom is 0.343 e. The van der Waals surface area contributed by atoms with Crippen LogP contribution < -0.4 is 20.4 Å². The van der Waals surface area contributed by atoms with E-state index in [0.717, 1.165) is 37.2 Å². The molecule has 0 radical (unpaired) electrons. The van der Waals surface area contributed by atoms with Gasteiger partial charge < -0.3 is 15.0 Å². The molecule has 1 aliphatic heterocycles. The number of nitrogens with zero attached hydrogens (tertiary/aromatic N) is 6. The molecule has 4 aromatic rings. The minimum atomic E-state index is -0.689. The Labute approximate surface area is 229 Å². The molecule has 0 unspecified atom stereocenters. The van der Waals surface area contributed by atoms with Crippen molar-refractivity contribution in [1.29, 1.82) is 0 Å². The molecule has 2 heterocycles. The van der Waals surface area contributed by atoms with Gasteiger partial charge in [-0.25, -0.2) is 10.2 Å². The Morgan fingerprint density at radius 2 is 1.68 bits per heavy atom. The highest BCUT2D eigenvalue weighted by atomic mass is 16.6. The Hall–Kier alpha value is -5.39. The molecule has 5 rings (SSSR count). The average molecular weight is 539 g/mol. The fourth-order valence-electron chi connectivity index (χ4n) is 4.06. The second-order valence-corrected chi connectivity index (χ2v) is 8.96. The molecule has 0 aliphatic carbocycles. The van der Waals surface area contributed by atoms with Crippen molar-refractivity contribution in [2.45, 2.75) is 19.3 Å². The van der Waals surface area contributed by atoms with Crippen LogP contribution in [0.15, 0.2) is 84.0 Å². The van der Waals surface area contributed by atoms with Gasteiger partial charge in [0.25, 0.3) is 5.69 Å². The number of carbonyl (C=O) groups excluding carboxylic acids is 1. The molecule has 202 valence electrons. The first-order valence-electron chi connectivity index (χ1n) is 12.7. The third-order valence-electron chi connectivity index (χ3n) is 6.05. The summed E-state index contributed by atoms with van der Waals surface area (Å²) < 4.78 is 5.34. The van der Waals surface area contributed by atoms with Crippen LogP contribution in [0.2, 0.25) is 0 Å². The lowest BCUT2D eigenvalue weighted by atomic mass is 10.1.